The average molecular weight is 421 g/mol. The minimum atomic E-state index is -1.15. The number of ether oxygens (including phenoxy) is 3. The molecular weight excluding hydrogens is 398 g/mol. The van der Waals surface area contributed by atoms with Crippen LogP contribution in [0.15, 0.2) is 71.7 Å². The standard InChI is InChI=1S/C23H23N3O5/c1-29-19-10-11-23(30-2,31-19)15-25-21(27)18-13-17-9-6-12-24-20(17)26(22(18)28)14-16-7-4-3-5-8-16/h3-13,19H,14-15H2,1-2H3,(H,25,27)/t19-,23+/m0/s1. The molecule has 0 bridgehead atoms. The van der Waals surface area contributed by atoms with E-state index in [9.17, 15) is 9.59 Å². The van der Waals surface area contributed by atoms with Crippen molar-refractivity contribution in [1.29, 1.82) is 0 Å². The first kappa shape index (κ1) is 20.9. The predicted molar refractivity (Wildman–Crippen MR) is 115 cm³/mol. The van der Waals surface area contributed by atoms with Crippen LogP contribution in [0.2, 0.25) is 0 Å². The minimum absolute atomic E-state index is 0.0158. The van der Waals surface area contributed by atoms with Crippen molar-refractivity contribution in [3.05, 3.63) is 88.4 Å². The Hall–Kier alpha value is -3.33. The number of carbonyl (C=O) groups is 1. The van der Waals surface area contributed by atoms with Crippen molar-refractivity contribution < 1.29 is 19.0 Å². The van der Waals surface area contributed by atoms with Crippen LogP contribution in [0.5, 0.6) is 0 Å². The summed E-state index contributed by atoms with van der Waals surface area (Å²) < 4.78 is 17.7. The number of pyridine rings is 2. The van der Waals surface area contributed by atoms with Gasteiger partial charge in [-0.05, 0) is 35.9 Å². The molecule has 0 spiro atoms. The van der Waals surface area contributed by atoms with E-state index >= 15 is 0 Å². The highest BCUT2D eigenvalue weighted by Gasteiger charge is 2.36. The van der Waals surface area contributed by atoms with Crippen molar-refractivity contribution >= 4 is 16.9 Å². The van der Waals surface area contributed by atoms with Crippen molar-refractivity contribution in [3.8, 4) is 0 Å². The number of nitrogens with zero attached hydrogens (tertiary/aromatic N) is 2. The maximum atomic E-state index is 13.2. The molecule has 1 N–H and O–H groups in total. The average Bonchev–Trinajstić information content (AvgIpc) is 3.24. The van der Waals surface area contributed by atoms with Gasteiger partial charge in [0.2, 0.25) is 5.79 Å². The number of hydrogen-bond acceptors (Lipinski definition) is 6. The Morgan fingerprint density at radius 1 is 1.23 bits per heavy atom. The highest BCUT2D eigenvalue weighted by atomic mass is 16.8. The number of fused-ring (bicyclic) bond motifs is 1. The molecule has 1 aliphatic heterocycles. The van der Waals surface area contributed by atoms with Crippen LogP contribution in [0.3, 0.4) is 0 Å². The number of carbonyl (C=O) groups excluding carboxylic acids is 1. The van der Waals surface area contributed by atoms with Gasteiger partial charge in [-0.3, -0.25) is 14.2 Å². The normalized spacial score (nSPS) is 20.3. The highest BCUT2D eigenvalue weighted by molar-refractivity contribution is 5.96. The lowest BCUT2D eigenvalue weighted by atomic mass is 10.1. The van der Waals surface area contributed by atoms with E-state index in [0.717, 1.165) is 5.56 Å². The van der Waals surface area contributed by atoms with Crippen molar-refractivity contribution in [2.24, 2.45) is 0 Å². The first-order valence-electron chi connectivity index (χ1n) is 9.81. The third-order valence-electron chi connectivity index (χ3n) is 5.17. The van der Waals surface area contributed by atoms with Gasteiger partial charge in [-0.25, -0.2) is 4.98 Å². The van der Waals surface area contributed by atoms with Gasteiger partial charge in [0.15, 0.2) is 6.29 Å². The van der Waals surface area contributed by atoms with Crippen molar-refractivity contribution in [2.45, 2.75) is 18.6 Å². The lowest BCUT2D eigenvalue weighted by Crippen LogP contribution is -2.45. The summed E-state index contributed by atoms with van der Waals surface area (Å²) in [6.45, 7) is 0.319. The Bertz CT molecular complexity index is 1170. The number of methoxy groups -OCH3 is 2. The second kappa shape index (κ2) is 8.81. The molecule has 8 nitrogen and oxygen atoms in total. The van der Waals surface area contributed by atoms with Crippen molar-refractivity contribution in [3.63, 3.8) is 0 Å². The molecule has 1 aromatic carbocycles. The maximum absolute atomic E-state index is 13.2. The number of rotatable bonds is 7. The van der Waals surface area contributed by atoms with Gasteiger partial charge in [0.05, 0.1) is 13.1 Å². The Morgan fingerprint density at radius 2 is 2.03 bits per heavy atom. The van der Waals surface area contributed by atoms with Crippen LogP contribution in [0.25, 0.3) is 11.0 Å². The molecular formula is C23H23N3O5. The Kier molecular flexibility index (Phi) is 5.94. The van der Waals surface area contributed by atoms with Crippen LogP contribution in [0, 0.1) is 0 Å². The van der Waals surface area contributed by atoms with E-state index in [-0.39, 0.29) is 12.1 Å². The van der Waals surface area contributed by atoms with Gasteiger partial charge in [0, 0.05) is 25.8 Å². The second-order valence-electron chi connectivity index (χ2n) is 7.13. The quantitative estimate of drug-likeness (QED) is 0.588. The van der Waals surface area contributed by atoms with Crippen LogP contribution >= 0.6 is 0 Å². The zero-order valence-corrected chi connectivity index (χ0v) is 17.3. The molecule has 0 saturated heterocycles. The van der Waals surface area contributed by atoms with E-state index in [0.29, 0.717) is 17.6 Å². The molecule has 0 aliphatic carbocycles. The fourth-order valence-corrected chi connectivity index (χ4v) is 3.50. The molecule has 8 heteroatoms. The summed E-state index contributed by atoms with van der Waals surface area (Å²) in [4.78, 5) is 30.6. The van der Waals surface area contributed by atoms with Crippen LogP contribution < -0.4 is 10.9 Å². The van der Waals surface area contributed by atoms with Crippen molar-refractivity contribution in [2.75, 3.05) is 20.8 Å². The van der Waals surface area contributed by atoms with Crippen LogP contribution in [-0.4, -0.2) is 48.3 Å². The molecule has 160 valence electrons. The van der Waals surface area contributed by atoms with E-state index in [1.54, 1.807) is 30.5 Å². The Morgan fingerprint density at radius 3 is 2.74 bits per heavy atom. The SMILES string of the molecule is CO[C@@H]1C=C[C@@](CNC(=O)c2cc3cccnc3n(Cc3ccccc3)c2=O)(OC)O1. The monoisotopic (exact) mass is 421 g/mol. The molecule has 2 aromatic heterocycles. The van der Waals surface area contributed by atoms with E-state index in [1.807, 2.05) is 36.4 Å². The molecule has 0 fully saturated rings. The second-order valence-corrected chi connectivity index (χ2v) is 7.13. The smallest absolute Gasteiger partial charge is 0.265 e. The number of hydrogen-bond donors (Lipinski definition) is 1. The van der Waals surface area contributed by atoms with Gasteiger partial charge in [-0.2, -0.15) is 0 Å². The number of benzene rings is 1. The topological polar surface area (TPSA) is 91.7 Å². The summed E-state index contributed by atoms with van der Waals surface area (Å²) in [6, 6.07) is 14.7. The third-order valence-corrected chi connectivity index (χ3v) is 5.17. The first-order valence-corrected chi connectivity index (χ1v) is 9.81. The van der Waals surface area contributed by atoms with Gasteiger partial charge < -0.3 is 19.5 Å². The molecule has 0 unspecified atom stereocenters. The third kappa shape index (κ3) is 4.27. The van der Waals surface area contributed by atoms with Crippen LogP contribution in [0.4, 0.5) is 0 Å². The summed E-state index contributed by atoms with van der Waals surface area (Å²) in [5.41, 5.74) is 1.05. The molecule has 0 saturated carbocycles. The number of aromatic nitrogens is 2. The molecule has 3 heterocycles. The highest BCUT2D eigenvalue weighted by Crippen LogP contribution is 2.24. The minimum Gasteiger partial charge on any atom is -0.352 e. The fourth-order valence-electron chi connectivity index (χ4n) is 3.50. The summed E-state index contributed by atoms with van der Waals surface area (Å²) in [7, 11) is 2.99. The van der Waals surface area contributed by atoms with Gasteiger partial charge in [0.25, 0.3) is 11.5 Å². The lowest BCUT2D eigenvalue weighted by molar-refractivity contribution is -0.238. The van der Waals surface area contributed by atoms with E-state index in [2.05, 4.69) is 10.3 Å². The summed E-state index contributed by atoms with van der Waals surface area (Å²) >= 11 is 0. The molecule has 2 atom stereocenters. The number of amides is 1. The molecule has 1 amide bonds. The lowest BCUT2D eigenvalue weighted by Gasteiger charge is -2.27. The summed E-state index contributed by atoms with van der Waals surface area (Å²) in [6.07, 6.45) is 4.44. The van der Waals surface area contributed by atoms with Gasteiger partial charge >= 0.3 is 0 Å². The Balaban J connectivity index is 1.64. The largest absolute Gasteiger partial charge is 0.352 e. The van der Waals surface area contributed by atoms with E-state index in [4.69, 9.17) is 14.2 Å². The van der Waals surface area contributed by atoms with Gasteiger partial charge in [0.1, 0.15) is 11.2 Å². The zero-order chi connectivity index (χ0) is 21.8. The molecule has 31 heavy (non-hydrogen) atoms. The fraction of sp³-hybridized carbons (Fsp3) is 0.261. The maximum Gasteiger partial charge on any atom is 0.265 e. The molecule has 3 aromatic rings. The van der Waals surface area contributed by atoms with Gasteiger partial charge in [-0.1, -0.05) is 30.3 Å². The van der Waals surface area contributed by atoms with E-state index < -0.39 is 23.5 Å². The zero-order valence-electron chi connectivity index (χ0n) is 17.3. The summed E-state index contributed by atoms with van der Waals surface area (Å²) in [5.74, 6) is -1.68. The predicted octanol–water partition coefficient (Wildman–Crippen LogP) is 2.08. The van der Waals surface area contributed by atoms with E-state index in [1.165, 1.54) is 18.8 Å². The summed E-state index contributed by atoms with van der Waals surface area (Å²) in [5, 5.41) is 3.44. The first-order chi connectivity index (χ1) is 15.0. The van der Waals surface area contributed by atoms with Crippen LogP contribution in [0.1, 0.15) is 15.9 Å². The molecule has 0 radical (unpaired) electrons. The Labute approximate surface area is 179 Å². The van der Waals surface area contributed by atoms with Crippen molar-refractivity contribution in [1.82, 2.24) is 14.9 Å². The van der Waals surface area contributed by atoms with Gasteiger partial charge in [-0.15, -0.1) is 0 Å². The molecule has 4 rings (SSSR count). The molecule has 1 aliphatic rings. The van der Waals surface area contributed by atoms with Crippen LogP contribution in [-0.2, 0) is 20.8 Å². The number of nitrogens with one attached hydrogen (secondary N) is 1.